The zero-order chi connectivity index (χ0) is 17.4. The van der Waals surface area contributed by atoms with Crippen LogP contribution in [0.5, 0.6) is 5.75 Å². The predicted molar refractivity (Wildman–Crippen MR) is 94.8 cm³/mol. The number of amides is 1. The molecule has 1 N–H and O–H groups in total. The zero-order valence-corrected chi connectivity index (χ0v) is 14.4. The quantitative estimate of drug-likeness (QED) is 0.742. The molecule has 6 nitrogen and oxygen atoms in total. The van der Waals surface area contributed by atoms with Gasteiger partial charge in [-0.15, -0.1) is 0 Å². The fraction of sp³-hybridized carbons (Fsp3) is 0.368. The van der Waals surface area contributed by atoms with E-state index >= 15 is 0 Å². The SMILES string of the molecule is COc1ccc2c(CC(=O)Nc3ccnn3C(C)C3CC3)coc2c1. The van der Waals surface area contributed by atoms with Crippen molar-refractivity contribution in [3.05, 3.63) is 42.3 Å². The third kappa shape index (κ3) is 3.12. The molecule has 1 aromatic carbocycles. The Morgan fingerprint density at radius 1 is 1.44 bits per heavy atom. The Kier molecular flexibility index (Phi) is 3.95. The van der Waals surface area contributed by atoms with Crippen LogP contribution < -0.4 is 10.1 Å². The van der Waals surface area contributed by atoms with Gasteiger partial charge in [0.2, 0.25) is 5.91 Å². The molecule has 25 heavy (non-hydrogen) atoms. The van der Waals surface area contributed by atoms with Crippen LogP contribution in [-0.4, -0.2) is 22.8 Å². The Bertz CT molecular complexity index is 908. The molecule has 1 aliphatic carbocycles. The van der Waals surface area contributed by atoms with Crippen LogP contribution in [-0.2, 0) is 11.2 Å². The van der Waals surface area contributed by atoms with Crippen molar-refractivity contribution in [1.82, 2.24) is 9.78 Å². The normalized spacial score (nSPS) is 15.3. The highest BCUT2D eigenvalue weighted by molar-refractivity contribution is 5.95. The average molecular weight is 339 g/mol. The third-order valence-corrected chi connectivity index (χ3v) is 4.84. The number of rotatable bonds is 6. The minimum absolute atomic E-state index is 0.0803. The van der Waals surface area contributed by atoms with E-state index in [4.69, 9.17) is 9.15 Å². The zero-order valence-electron chi connectivity index (χ0n) is 14.4. The van der Waals surface area contributed by atoms with Crippen LogP contribution in [0, 0.1) is 5.92 Å². The number of carbonyl (C=O) groups excluding carboxylic acids is 1. The summed E-state index contributed by atoms with van der Waals surface area (Å²) in [5, 5.41) is 8.27. The Labute approximate surface area is 145 Å². The lowest BCUT2D eigenvalue weighted by Crippen LogP contribution is -2.19. The van der Waals surface area contributed by atoms with E-state index in [2.05, 4.69) is 17.3 Å². The predicted octanol–water partition coefficient (Wildman–Crippen LogP) is 3.79. The van der Waals surface area contributed by atoms with Gasteiger partial charge in [-0.1, -0.05) is 0 Å². The van der Waals surface area contributed by atoms with Gasteiger partial charge in [0.1, 0.15) is 17.2 Å². The summed E-state index contributed by atoms with van der Waals surface area (Å²) in [7, 11) is 1.62. The molecule has 1 saturated carbocycles. The summed E-state index contributed by atoms with van der Waals surface area (Å²) in [6.07, 6.45) is 6.09. The van der Waals surface area contributed by atoms with E-state index in [1.54, 1.807) is 19.6 Å². The minimum Gasteiger partial charge on any atom is -0.497 e. The van der Waals surface area contributed by atoms with Crippen LogP contribution >= 0.6 is 0 Å². The number of nitrogens with one attached hydrogen (secondary N) is 1. The van der Waals surface area contributed by atoms with E-state index in [9.17, 15) is 4.79 Å². The number of aromatic nitrogens is 2. The number of nitrogens with zero attached hydrogens (tertiary/aromatic N) is 2. The van der Waals surface area contributed by atoms with Crippen molar-refractivity contribution < 1.29 is 13.9 Å². The number of fused-ring (bicyclic) bond motifs is 1. The van der Waals surface area contributed by atoms with Gasteiger partial charge >= 0.3 is 0 Å². The first-order valence-corrected chi connectivity index (χ1v) is 8.53. The third-order valence-electron chi connectivity index (χ3n) is 4.84. The van der Waals surface area contributed by atoms with Gasteiger partial charge in [-0.2, -0.15) is 5.10 Å². The van der Waals surface area contributed by atoms with E-state index < -0.39 is 0 Å². The first kappa shape index (κ1) is 15.7. The number of carbonyl (C=O) groups is 1. The molecule has 0 bridgehead atoms. The number of ether oxygens (including phenoxy) is 1. The summed E-state index contributed by atoms with van der Waals surface area (Å²) in [6, 6.07) is 7.76. The van der Waals surface area contributed by atoms with Crippen LogP contribution in [0.15, 0.2) is 41.1 Å². The summed E-state index contributed by atoms with van der Waals surface area (Å²) >= 11 is 0. The molecule has 0 saturated heterocycles. The van der Waals surface area contributed by atoms with Gasteiger partial charge in [-0.05, 0) is 37.8 Å². The van der Waals surface area contributed by atoms with Crippen molar-refractivity contribution in [1.29, 1.82) is 0 Å². The van der Waals surface area contributed by atoms with Gasteiger partial charge in [0.25, 0.3) is 0 Å². The Hall–Kier alpha value is -2.76. The molecular weight excluding hydrogens is 318 g/mol. The van der Waals surface area contributed by atoms with Crippen molar-refractivity contribution >= 4 is 22.7 Å². The molecule has 0 radical (unpaired) electrons. The fourth-order valence-corrected chi connectivity index (χ4v) is 3.20. The van der Waals surface area contributed by atoms with Crippen LogP contribution in [0.1, 0.15) is 31.4 Å². The van der Waals surface area contributed by atoms with Crippen LogP contribution in [0.2, 0.25) is 0 Å². The molecule has 3 aromatic rings. The Balaban J connectivity index is 1.49. The molecule has 1 fully saturated rings. The number of furan rings is 1. The van der Waals surface area contributed by atoms with E-state index in [1.807, 2.05) is 28.9 Å². The topological polar surface area (TPSA) is 69.3 Å². The van der Waals surface area contributed by atoms with E-state index in [0.29, 0.717) is 12.0 Å². The summed E-state index contributed by atoms with van der Waals surface area (Å²) in [5.41, 5.74) is 1.58. The maximum absolute atomic E-state index is 12.5. The van der Waals surface area contributed by atoms with E-state index in [-0.39, 0.29) is 12.3 Å². The summed E-state index contributed by atoms with van der Waals surface area (Å²) < 4.78 is 12.7. The highest BCUT2D eigenvalue weighted by atomic mass is 16.5. The largest absolute Gasteiger partial charge is 0.497 e. The minimum atomic E-state index is -0.0803. The second-order valence-electron chi connectivity index (χ2n) is 6.59. The van der Waals surface area contributed by atoms with Gasteiger partial charge < -0.3 is 14.5 Å². The molecule has 2 heterocycles. The number of anilines is 1. The van der Waals surface area contributed by atoms with Crippen molar-refractivity contribution in [2.75, 3.05) is 12.4 Å². The first-order valence-electron chi connectivity index (χ1n) is 8.53. The highest BCUT2D eigenvalue weighted by Gasteiger charge is 2.30. The molecule has 6 heteroatoms. The van der Waals surface area contributed by atoms with Crippen molar-refractivity contribution in [2.45, 2.75) is 32.2 Å². The standard InChI is InChI=1S/C19H21N3O3/c1-12(13-3-4-13)22-18(7-8-20-22)21-19(23)9-14-11-25-17-10-15(24-2)5-6-16(14)17/h5-8,10-13H,3-4,9H2,1-2H3,(H,21,23). The smallest absolute Gasteiger partial charge is 0.230 e. The lowest BCUT2D eigenvalue weighted by atomic mass is 10.1. The number of benzene rings is 1. The molecule has 0 aliphatic heterocycles. The summed E-state index contributed by atoms with van der Waals surface area (Å²) in [5.74, 6) is 2.07. The van der Waals surface area contributed by atoms with Gasteiger partial charge in [0.15, 0.2) is 0 Å². The van der Waals surface area contributed by atoms with Gasteiger partial charge in [0, 0.05) is 23.1 Å². The lowest BCUT2D eigenvalue weighted by molar-refractivity contribution is -0.115. The van der Waals surface area contributed by atoms with Gasteiger partial charge in [0.05, 0.1) is 32.0 Å². The first-order chi connectivity index (χ1) is 12.2. The number of hydrogen-bond donors (Lipinski definition) is 1. The molecule has 1 amide bonds. The maximum Gasteiger partial charge on any atom is 0.230 e. The van der Waals surface area contributed by atoms with E-state index in [0.717, 1.165) is 28.1 Å². The van der Waals surface area contributed by atoms with Crippen molar-refractivity contribution in [3.63, 3.8) is 0 Å². The molecule has 1 aliphatic rings. The maximum atomic E-state index is 12.5. The monoisotopic (exact) mass is 339 g/mol. The Morgan fingerprint density at radius 3 is 3.04 bits per heavy atom. The highest BCUT2D eigenvalue weighted by Crippen LogP contribution is 2.40. The van der Waals surface area contributed by atoms with Crippen LogP contribution in [0.25, 0.3) is 11.0 Å². The van der Waals surface area contributed by atoms with Gasteiger partial charge in [-0.25, -0.2) is 4.68 Å². The molecule has 1 unspecified atom stereocenters. The molecule has 0 spiro atoms. The molecule has 2 aromatic heterocycles. The van der Waals surface area contributed by atoms with Gasteiger partial charge in [-0.3, -0.25) is 4.79 Å². The average Bonchev–Trinajstić information content (AvgIpc) is 3.26. The van der Waals surface area contributed by atoms with Crippen LogP contribution in [0.4, 0.5) is 5.82 Å². The molecule has 130 valence electrons. The second-order valence-corrected chi connectivity index (χ2v) is 6.59. The molecule has 1 atom stereocenters. The second kappa shape index (κ2) is 6.27. The Morgan fingerprint density at radius 2 is 2.28 bits per heavy atom. The lowest BCUT2D eigenvalue weighted by Gasteiger charge is -2.15. The molecular formula is C19H21N3O3. The number of hydrogen-bond acceptors (Lipinski definition) is 4. The number of methoxy groups -OCH3 is 1. The molecule has 4 rings (SSSR count). The van der Waals surface area contributed by atoms with Crippen LogP contribution in [0.3, 0.4) is 0 Å². The summed E-state index contributed by atoms with van der Waals surface area (Å²) in [4.78, 5) is 12.5. The van der Waals surface area contributed by atoms with E-state index in [1.165, 1.54) is 12.8 Å². The summed E-state index contributed by atoms with van der Waals surface area (Å²) in [6.45, 7) is 2.15. The van der Waals surface area contributed by atoms with Crippen molar-refractivity contribution in [2.24, 2.45) is 5.92 Å². The van der Waals surface area contributed by atoms with Crippen molar-refractivity contribution in [3.8, 4) is 5.75 Å². The fourth-order valence-electron chi connectivity index (χ4n) is 3.20.